The first-order chi connectivity index (χ1) is 21.1. The van der Waals surface area contributed by atoms with E-state index < -0.39 is 0 Å². The van der Waals surface area contributed by atoms with E-state index in [1.807, 2.05) is 12.2 Å². The molecule has 44 heavy (non-hydrogen) atoms. The number of allylic oxidation sites excluding steroid dienone is 9. The molecule has 6 aromatic carbocycles. The third-order valence-electron chi connectivity index (χ3n) is 9.32. The number of rotatable bonds is 5. The van der Waals surface area contributed by atoms with Gasteiger partial charge in [0.15, 0.2) is 0 Å². The Kier molecular flexibility index (Phi) is 6.60. The fourth-order valence-electron chi connectivity index (χ4n) is 7.67. The van der Waals surface area contributed by atoms with E-state index in [0.717, 1.165) is 12.0 Å². The minimum atomic E-state index is 0. The van der Waals surface area contributed by atoms with E-state index in [1.54, 1.807) is 0 Å². The van der Waals surface area contributed by atoms with E-state index in [1.165, 1.54) is 92.8 Å². The van der Waals surface area contributed by atoms with Gasteiger partial charge in [0.1, 0.15) is 0 Å². The second-order valence-corrected chi connectivity index (χ2v) is 11.6. The predicted molar refractivity (Wildman–Crippen MR) is 197 cm³/mol. The Hall–Kier alpha value is -5.20. The molecule has 0 saturated heterocycles. The van der Waals surface area contributed by atoms with Crippen molar-refractivity contribution in [2.75, 3.05) is 0 Å². The highest BCUT2D eigenvalue weighted by atomic mass is 14.4. The lowest BCUT2D eigenvalue weighted by molar-refractivity contribution is 1.48. The molecule has 0 aliphatic heterocycles. The van der Waals surface area contributed by atoms with Gasteiger partial charge in [0.05, 0.1) is 0 Å². The number of fused-ring (bicyclic) bond motifs is 6. The molecule has 2 aliphatic rings. The maximum absolute atomic E-state index is 4.62. The van der Waals surface area contributed by atoms with Gasteiger partial charge >= 0.3 is 0 Å². The quantitative estimate of drug-likeness (QED) is 0.111. The molecule has 8 rings (SSSR count). The molecule has 0 fully saturated rings. The molecular weight excluding hydrogens is 528 g/mol. The highest BCUT2D eigenvalue weighted by Crippen LogP contribution is 2.55. The van der Waals surface area contributed by atoms with Crippen molar-refractivity contribution in [3.8, 4) is 11.1 Å². The van der Waals surface area contributed by atoms with E-state index in [9.17, 15) is 0 Å². The summed E-state index contributed by atoms with van der Waals surface area (Å²) >= 11 is 0. The lowest BCUT2D eigenvalue weighted by Crippen LogP contribution is -2.07. The Labute approximate surface area is 260 Å². The van der Waals surface area contributed by atoms with E-state index in [0.29, 0.717) is 0 Å². The summed E-state index contributed by atoms with van der Waals surface area (Å²) in [6.07, 6.45) is 18.2. The topological polar surface area (TPSA) is 0 Å². The lowest BCUT2D eigenvalue weighted by atomic mass is 9.82. The van der Waals surface area contributed by atoms with Crippen molar-refractivity contribution in [1.82, 2.24) is 0 Å². The van der Waals surface area contributed by atoms with Crippen LogP contribution in [0.2, 0.25) is 0 Å². The molecule has 0 aromatic heterocycles. The van der Waals surface area contributed by atoms with E-state index in [2.05, 4.69) is 136 Å². The first-order valence-corrected chi connectivity index (χ1v) is 15.1. The smallest absolute Gasteiger partial charge is 0.000785 e. The molecule has 212 valence electrons. The van der Waals surface area contributed by atoms with Gasteiger partial charge in [-0.1, -0.05) is 142 Å². The van der Waals surface area contributed by atoms with Crippen molar-refractivity contribution in [1.29, 1.82) is 0 Å². The number of hydrogen-bond acceptors (Lipinski definition) is 0. The van der Waals surface area contributed by atoms with Gasteiger partial charge < -0.3 is 0 Å². The van der Waals surface area contributed by atoms with E-state index in [4.69, 9.17) is 0 Å². The zero-order valence-electron chi connectivity index (χ0n) is 24.7. The molecule has 0 atom stereocenters. The van der Waals surface area contributed by atoms with Gasteiger partial charge in [-0.15, -0.1) is 0 Å². The third-order valence-corrected chi connectivity index (χ3v) is 9.32. The van der Waals surface area contributed by atoms with Crippen LogP contribution < -0.4 is 5.22 Å². The summed E-state index contributed by atoms with van der Waals surface area (Å²) in [7, 11) is 0. The summed E-state index contributed by atoms with van der Waals surface area (Å²) in [6, 6.07) is 27.1. The van der Waals surface area contributed by atoms with Crippen molar-refractivity contribution < 1.29 is 0 Å². The van der Waals surface area contributed by atoms with Crippen molar-refractivity contribution in [3.63, 3.8) is 0 Å². The molecule has 0 radical (unpaired) electrons. The molecule has 0 N–H and O–H groups in total. The second kappa shape index (κ2) is 10.5. The molecular formula is C44H36. The first kappa shape index (κ1) is 27.6. The molecule has 0 unspecified atom stereocenters. The van der Waals surface area contributed by atoms with Crippen LogP contribution in [0, 0.1) is 0 Å². The molecule has 6 aromatic rings. The molecule has 0 heterocycles. The molecule has 2 aliphatic carbocycles. The SMILES string of the molecule is C.C=C/C=C\C(=C)c1c2c(c(/C(C)=C/C=C\C)c3ccccc13)C1=CCC=c3c4cccc5cccc(c6ccc-2c1c36)c54. The van der Waals surface area contributed by atoms with Crippen molar-refractivity contribution in [2.24, 2.45) is 0 Å². The van der Waals surface area contributed by atoms with Gasteiger partial charge in [-0.3, -0.25) is 0 Å². The van der Waals surface area contributed by atoms with E-state index in [-0.39, 0.29) is 7.43 Å². The highest BCUT2D eigenvalue weighted by molar-refractivity contribution is 6.27. The summed E-state index contributed by atoms with van der Waals surface area (Å²) < 4.78 is 0. The molecule has 0 bridgehead atoms. The minimum Gasteiger partial charge on any atom is -0.0991 e. The first-order valence-electron chi connectivity index (χ1n) is 15.1. The van der Waals surface area contributed by atoms with Gasteiger partial charge in [-0.05, 0) is 119 Å². The summed E-state index contributed by atoms with van der Waals surface area (Å²) in [5, 5.41) is 11.9. The number of benzene rings is 6. The number of hydrogen-bond donors (Lipinski definition) is 0. The summed E-state index contributed by atoms with van der Waals surface area (Å²) in [6.45, 7) is 12.9. The standard InChI is InChI=1S/C43H32.CH4/c1-5-7-14-26(3)37-29-18-9-10-19-30(29)38(27(4)15-8-6-2)43-36-25-24-34-32-21-12-17-28-16-11-20-31(39(28)32)33-22-13-23-35(42(37)43)41(36)40(33)34;/h5-12,14-25H,2,4,13H2,1,3H3;1H4/b7-5-,15-8-,26-14+;. The van der Waals surface area contributed by atoms with Crippen LogP contribution in [0.1, 0.15) is 49.9 Å². The maximum atomic E-state index is 4.62. The molecule has 0 nitrogen and oxygen atoms in total. The zero-order valence-corrected chi connectivity index (χ0v) is 24.7. The maximum Gasteiger partial charge on any atom is -0.000785 e. The molecule has 0 saturated carbocycles. The fraction of sp³-hybridized carbons (Fsp3) is 0.0909. The molecule has 0 spiro atoms. The monoisotopic (exact) mass is 564 g/mol. The third kappa shape index (κ3) is 3.71. The van der Waals surface area contributed by atoms with Crippen molar-refractivity contribution in [2.45, 2.75) is 27.7 Å². The van der Waals surface area contributed by atoms with Crippen LogP contribution in [0.5, 0.6) is 0 Å². The Balaban J connectivity index is 0.00000312. The Morgan fingerprint density at radius 2 is 1.41 bits per heavy atom. The van der Waals surface area contributed by atoms with Crippen LogP contribution >= 0.6 is 0 Å². The van der Waals surface area contributed by atoms with Gasteiger partial charge in [-0.25, -0.2) is 0 Å². The van der Waals surface area contributed by atoms with Gasteiger partial charge in [0.25, 0.3) is 0 Å². The average Bonchev–Trinajstić information content (AvgIpc) is 3.22. The predicted octanol–water partition coefficient (Wildman–Crippen LogP) is 12.0. The fourth-order valence-corrected chi connectivity index (χ4v) is 7.67. The van der Waals surface area contributed by atoms with Crippen LogP contribution in [0.15, 0.2) is 128 Å². The van der Waals surface area contributed by atoms with Crippen LogP contribution in [0.25, 0.3) is 77.0 Å². The van der Waals surface area contributed by atoms with Crippen LogP contribution in [-0.2, 0) is 0 Å². The highest BCUT2D eigenvalue weighted by Gasteiger charge is 2.34. The Bertz CT molecular complexity index is 2390. The largest absolute Gasteiger partial charge is 0.0991 e. The summed E-state index contributed by atoms with van der Waals surface area (Å²) in [5.74, 6) is 0. The zero-order chi connectivity index (χ0) is 29.2. The Morgan fingerprint density at radius 3 is 2.16 bits per heavy atom. The van der Waals surface area contributed by atoms with Gasteiger partial charge in [-0.2, -0.15) is 0 Å². The lowest BCUT2D eigenvalue weighted by Gasteiger charge is -2.20. The molecule has 0 amide bonds. The minimum absolute atomic E-state index is 0. The van der Waals surface area contributed by atoms with E-state index >= 15 is 0 Å². The normalized spacial score (nSPS) is 13.9. The van der Waals surface area contributed by atoms with Gasteiger partial charge in [0.2, 0.25) is 0 Å². The molecule has 0 heteroatoms. The van der Waals surface area contributed by atoms with Crippen LogP contribution in [0.4, 0.5) is 0 Å². The second-order valence-electron chi connectivity index (χ2n) is 11.6. The summed E-state index contributed by atoms with van der Waals surface area (Å²) in [5.41, 5.74) is 11.4. The summed E-state index contributed by atoms with van der Waals surface area (Å²) in [4.78, 5) is 0. The van der Waals surface area contributed by atoms with Gasteiger partial charge in [0, 0.05) is 0 Å². The average molecular weight is 565 g/mol. The van der Waals surface area contributed by atoms with Crippen molar-refractivity contribution in [3.05, 3.63) is 156 Å². The Morgan fingerprint density at radius 1 is 0.705 bits per heavy atom. The van der Waals surface area contributed by atoms with Crippen LogP contribution in [0.3, 0.4) is 0 Å². The van der Waals surface area contributed by atoms with Crippen LogP contribution in [-0.4, -0.2) is 0 Å². The van der Waals surface area contributed by atoms with Crippen molar-refractivity contribution >= 4 is 65.9 Å².